The lowest BCUT2D eigenvalue weighted by atomic mass is 9.88. The molecule has 0 spiro atoms. The topological polar surface area (TPSA) is 56.8 Å². The van der Waals surface area contributed by atoms with Gasteiger partial charge in [0.1, 0.15) is 0 Å². The van der Waals surface area contributed by atoms with Crippen molar-refractivity contribution in [1.82, 2.24) is 5.32 Å². The number of rotatable bonds is 4. The number of hydrogen-bond donors (Lipinski definition) is 1. The van der Waals surface area contributed by atoms with Crippen LogP contribution in [0.5, 0.6) is 11.5 Å². The molecule has 0 aliphatic carbocycles. The molecule has 1 fully saturated rings. The summed E-state index contributed by atoms with van der Waals surface area (Å²) in [5.41, 5.74) is 2.07. The van der Waals surface area contributed by atoms with Gasteiger partial charge in [0.05, 0.1) is 31.3 Å². The fraction of sp³-hybridized carbons (Fsp3) is 0.435. The van der Waals surface area contributed by atoms with Gasteiger partial charge in [-0.15, -0.1) is 0 Å². The molecule has 0 aromatic heterocycles. The maximum Gasteiger partial charge on any atom is 0.226 e. The second-order valence-corrected chi connectivity index (χ2v) is 7.44. The highest BCUT2D eigenvalue weighted by Gasteiger charge is 2.33. The van der Waals surface area contributed by atoms with Crippen molar-refractivity contribution in [2.45, 2.75) is 38.3 Å². The molecule has 148 valence electrons. The molecule has 1 saturated heterocycles. The average Bonchev–Trinajstić information content (AvgIpc) is 2.99. The Morgan fingerprint density at radius 1 is 1.00 bits per heavy atom. The summed E-state index contributed by atoms with van der Waals surface area (Å²) in [5.74, 6) is 1.37. The largest absolute Gasteiger partial charge is 0.490 e. The van der Waals surface area contributed by atoms with Crippen LogP contribution in [0.3, 0.4) is 0 Å². The summed E-state index contributed by atoms with van der Waals surface area (Å²) in [6.45, 7) is 4.01. The molecule has 2 aliphatic heterocycles. The van der Waals surface area contributed by atoms with Crippen LogP contribution in [-0.4, -0.2) is 25.7 Å². The number of fused-ring (bicyclic) bond motifs is 1. The van der Waals surface area contributed by atoms with Gasteiger partial charge >= 0.3 is 0 Å². The van der Waals surface area contributed by atoms with Crippen molar-refractivity contribution in [3.05, 3.63) is 59.7 Å². The van der Waals surface area contributed by atoms with Gasteiger partial charge in [-0.2, -0.15) is 0 Å². The Morgan fingerprint density at radius 3 is 2.61 bits per heavy atom. The summed E-state index contributed by atoms with van der Waals surface area (Å²) in [7, 11) is 0. The van der Waals surface area contributed by atoms with Gasteiger partial charge < -0.3 is 19.5 Å². The van der Waals surface area contributed by atoms with E-state index in [9.17, 15) is 4.79 Å². The van der Waals surface area contributed by atoms with Crippen LogP contribution in [-0.2, 0) is 9.53 Å². The molecular weight excluding hydrogens is 354 g/mol. The van der Waals surface area contributed by atoms with E-state index in [1.807, 2.05) is 55.5 Å². The van der Waals surface area contributed by atoms with E-state index in [0.29, 0.717) is 19.8 Å². The predicted octanol–water partition coefficient (Wildman–Crippen LogP) is 4.19. The van der Waals surface area contributed by atoms with Crippen LogP contribution < -0.4 is 14.8 Å². The lowest BCUT2D eigenvalue weighted by molar-refractivity contribution is -0.135. The molecule has 5 nitrogen and oxygen atoms in total. The van der Waals surface area contributed by atoms with Crippen LogP contribution in [0.25, 0.3) is 0 Å². The summed E-state index contributed by atoms with van der Waals surface area (Å²) < 4.78 is 17.4. The highest BCUT2D eigenvalue weighted by atomic mass is 16.5. The Morgan fingerprint density at radius 2 is 1.79 bits per heavy atom. The molecule has 2 aromatic carbocycles. The zero-order valence-corrected chi connectivity index (χ0v) is 16.2. The first-order valence-corrected chi connectivity index (χ1v) is 10.1. The van der Waals surface area contributed by atoms with Gasteiger partial charge in [0, 0.05) is 13.0 Å². The molecule has 0 saturated carbocycles. The number of ether oxygens (including phenoxy) is 3. The molecule has 28 heavy (non-hydrogen) atoms. The lowest BCUT2D eigenvalue weighted by Crippen LogP contribution is -2.38. The molecule has 0 unspecified atom stereocenters. The molecule has 2 aliphatic rings. The number of nitrogens with one attached hydrogen (secondary N) is 1. The summed E-state index contributed by atoms with van der Waals surface area (Å²) in [6.07, 6.45) is 2.42. The minimum absolute atomic E-state index is 0.0353. The quantitative estimate of drug-likeness (QED) is 0.863. The fourth-order valence-electron chi connectivity index (χ4n) is 3.87. The Bertz CT molecular complexity index is 808. The number of carbonyl (C=O) groups is 1. The van der Waals surface area contributed by atoms with Gasteiger partial charge in [-0.05, 0) is 43.0 Å². The predicted molar refractivity (Wildman–Crippen MR) is 106 cm³/mol. The Balaban J connectivity index is 1.47. The maximum atomic E-state index is 13.1. The third kappa shape index (κ3) is 4.14. The zero-order valence-electron chi connectivity index (χ0n) is 16.2. The fourth-order valence-corrected chi connectivity index (χ4v) is 3.87. The highest BCUT2D eigenvalue weighted by Crippen LogP contribution is 2.35. The third-order valence-electron chi connectivity index (χ3n) is 5.42. The third-order valence-corrected chi connectivity index (χ3v) is 5.42. The van der Waals surface area contributed by atoms with Crippen LogP contribution in [0.15, 0.2) is 48.5 Å². The van der Waals surface area contributed by atoms with Crippen LogP contribution in [0, 0.1) is 5.92 Å². The molecule has 1 amide bonds. The summed E-state index contributed by atoms with van der Waals surface area (Å²) in [6, 6.07) is 15.8. The minimum Gasteiger partial charge on any atom is -0.490 e. The van der Waals surface area contributed by atoms with Gasteiger partial charge in [0.2, 0.25) is 5.91 Å². The standard InChI is InChI=1S/C23H27NO4/c1-16(18-10-11-20-21(15-18)27-14-6-13-26-20)24-23(25)19-9-5-12-28-22(19)17-7-3-2-4-8-17/h2-4,7-8,10-11,15-16,19,22H,5-6,9,12-14H2,1H3,(H,24,25)/t16-,19+,22+/m0/s1. The highest BCUT2D eigenvalue weighted by molar-refractivity contribution is 5.80. The Hall–Kier alpha value is -2.53. The van der Waals surface area contributed by atoms with E-state index < -0.39 is 0 Å². The molecule has 0 bridgehead atoms. The Kier molecular flexibility index (Phi) is 5.81. The van der Waals surface area contributed by atoms with E-state index in [2.05, 4.69) is 5.32 Å². The van der Waals surface area contributed by atoms with Crippen molar-refractivity contribution in [1.29, 1.82) is 0 Å². The van der Waals surface area contributed by atoms with Gasteiger partial charge in [-0.3, -0.25) is 4.79 Å². The monoisotopic (exact) mass is 381 g/mol. The number of amides is 1. The van der Waals surface area contributed by atoms with Crippen molar-refractivity contribution in [3.63, 3.8) is 0 Å². The van der Waals surface area contributed by atoms with Crippen LogP contribution in [0.2, 0.25) is 0 Å². The van der Waals surface area contributed by atoms with Gasteiger partial charge in [0.25, 0.3) is 0 Å². The van der Waals surface area contributed by atoms with E-state index in [1.165, 1.54) is 0 Å². The Labute approximate surface area is 166 Å². The molecule has 3 atom stereocenters. The maximum absolute atomic E-state index is 13.1. The molecular formula is C23H27NO4. The molecule has 0 radical (unpaired) electrons. The van der Waals surface area contributed by atoms with E-state index >= 15 is 0 Å². The summed E-state index contributed by atoms with van der Waals surface area (Å²) >= 11 is 0. The first-order chi connectivity index (χ1) is 13.7. The first-order valence-electron chi connectivity index (χ1n) is 10.1. The van der Waals surface area contributed by atoms with E-state index in [1.54, 1.807) is 0 Å². The zero-order chi connectivity index (χ0) is 19.3. The van der Waals surface area contributed by atoms with Crippen LogP contribution in [0.4, 0.5) is 0 Å². The molecule has 2 aromatic rings. The van der Waals surface area contributed by atoms with Crippen molar-refractivity contribution in [3.8, 4) is 11.5 Å². The van der Waals surface area contributed by atoms with E-state index in [-0.39, 0.29) is 24.0 Å². The second kappa shape index (κ2) is 8.65. The molecule has 4 rings (SSSR count). The smallest absolute Gasteiger partial charge is 0.226 e. The minimum atomic E-state index is -0.189. The van der Waals surface area contributed by atoms with Crippen molar-refractivity contribution in [2.24, 2.45) is 5.92 Å². The molecule has 2 heterocycles. The normalized spacial score (nSPS) is 22.8. The van der Waals surface area contributed by atoms with Crippen molar-refractivity contribution >= 4 is 5.91 Å². The van der Waals surface area contributed by atoms with Crippen LogP contribution >= 0.6 is 0 Å². The van der Waals surface area contributed by atoms with Crippen LogP contribution in [0.1, 0.15) is 49.5 Å². The number of benzene rings is 2. The van der Waals surface area contributed by atoms with E-state index in [0.717, 1.165) is 41.9 Å². The summed E-state index contributed by atoms with van der Waals surface area (Å²) in [4.78, 5) is 13.1. The van der Waals surface area contributed by atoms with Gasteiger partial charge in [0.15, 0.2) is 11.5 Å². The average molecular weight is 381 g/mol. The number of carbonyl (C=O) groups excluding carboxylic acids is 1. The van der Waals surface area contributed by atoms with Gasteiger partial charge in [-0.25, -0.2) is 0 Å². The van der Waals surface area contributed by atoms with E-state index in [4.69, 9.17) is 14.2 Å². The second-order valence-electron chi connectivity index (χ2n) is 7.44. The molecule has 1 N–H and O–H groups in total. The first kappa shape index (κ1) is 18.8. The summed E-state index contributed by atoms with van der Waals surface area (Å²) in [5, 5.41) is 3.17. The van der Waals surface area contributed by atoms with Gasteiger partial charge in [-0.1, -0.05) is 36.4 Å². The number of hydrogen-bond acceptors (Lipinski definition) is 4. The molecule has 5 heteroatoms. The SMILES string of the molecule is C[C@H](NC(=O)[C@@H]1CCCO[C@@H]1c1ccccc1)c1ccc2c(c1)OCCCO2. The van der Waals surface area contributed by atoms with Crippen molar-refractivity contribution in [2.75, 3.05) is 19.8 Å². The van der Waals surface area contributed by atoms with Crippen molar-refractivity contribution < 1.29 is 19.0 Å². The lowest BCUT2D eigenvalue weighted by Gasteiger charge is -2.32.